The lowest BCUT2D eigenvalue weighted by Crippen LogP contribution is -1.87. The molecule has 0 aliphatic rings. The summed E-state index contributed by atoms with van der Waals surface area (Å²) in [6, 6.07) is 8.02. The number of nitrogens with one attached hydrogen (secondary N) is 1. The van der Waals surface area contributed by atoms with E-state index in [0.29, 0.717) is 4.77 Å². The number of hydrogen-bond acceptors (Lipinski definition) is 6. The number of aromatic amines is 1. The Morgan fingerprint density at radius 3 is 2.35 bits per heavy atom. The van der Waals surface area contributed by atoms with E-state index in [9.17, 15) is 0 Å². The molecule has 1 aromatic carbocycles. The summed E-state index contributed by atoms with van der Waals surface area (Å²) in [6.07, 6.45) is 3.33. The molecule has 23 heavy (non-hydrogen) atoms. The van der Waals surface area contributed by atoms with Gasteiger partial charge in [0.05, 0.1) is 7.11 Å². The van der Waals surface area contributed by atoms with Crippen LogP contribution in [0.25, 0.3) is 0 Å². The highest BCUT2D eigenvalue weighted by Gasteiger charge is 2.00. The van der Waals surface area contributed by atoms with Crippen molar-refractivity contribution < 1.29 is 4.74 Å². The number of rotatable bonds is 4. The lowest BCUT2D eigenvalue weighted by molar-refractivity contribution is 0.414. The normalized spacial score (nSPS) is 10.0. The minimum Gasteiger partial charge on any atom is -0.497 e. The molecule has 0 saturated heterocycles. The molecule has 2 aromatic heterocycles. The summed E-state index contributed by atoms with van der Waals surface area (Å²) in [4.78, 5) is 7.89. The van der Waals surface area contributed by atoms with E-state index in [4.69, 9.17) is 4.74 Å². The maximum atomic E-state index is 5.10. The largest absolute Gasteiger partial charge is 0.497 e. The average Bonchev–Trinajstić information content (AvgIpc) is 3.14. The number of methoxy groups -OCH3 is 1. The van der Waals surface area contributed by atoms with Gasteiger partial charge in [0.25, 0.3) is 0 Å². The van der Waals surface area contributed by atoms with Crippen molar-refractivity contribution in [2.24, 2.45) is 14.1 Å². The van der Waals surface area contributed by atoms with Crippen LogP contribution in [-0.2, 0) is 19.8 Å². The minimum atomic E-state index is 0.530. The molecule has 0 aliphatic heterocycles. The van der Waals surface area contributed by atoms with E-state index in [1.165, 1.54) is 5.56 Å². The van der Waals surface area contributed by atoms with Gasteiger partial charge in [-0.3, -0.25) is 14.5 Å². The first-order valence-corrected chi connectivity index (χ1v) is 8.15. The molecule has 0 atom stereocenters. The fraction of sp³-hybridized carbons (Fsp3) is 0.286. The van der Waals surface area contributed by atoms with Gasteiger partial charge >= 0.3 is 0 Å². The van der Waals surface area contributed by atoms with Crippen molar-refractivity contribution in [1.29, 1.82) is 0 Å². The van der Waals surface area contributed by atoms with E-state index in [0.717, 1.165) is 16.7 Å². The van der Waals surface area contributed by atoms with Crippen molar-refractivity contribution in [3.63, 3.8) is 0 Å². The molecule has 7 nitrogen and oxygen atoms in total. The van der Waals surface area contributed by atoms with Gasteiger partial charge in [-0.05, 0) is 29.9 Å². The Hall–Kier alpha value is -2.13. The van der Waals surface area contributed by atoms with Crippen LogP contribution in [0.3, 0.4) is 0 Å². The molecule has 3 aromatic rings. The molecule has 0 aliphatic carbocycles. The Kier molecular flexibility index (Phi) is 6.36. The molecule has 122 valence electrons. The van der Waals surface area contributed by atoms with E-state index in [-0.39, 0.29) is 0 Å². The van der Waals surface area contributed by atoms with Gasteiger partial charge in [0.1, 0.15) is 18.4 Å². The van der Waals surface area contributed by atoms with Crippen LogP contribution in [-0.4, -0.2) is 36.6 Å². The fourth-order valence-electron chi connectivity index (χ4n) is 1.60. The van der Waals surface area contributed by atoms with Crippen LogP contribution in [0.2, 0.25) is 0 Å². The standard InChI is InChI=1S/C11H13N3OS.C3H5N3S/c1-14-8-12-11(13-14)16-7-9-3-5-10(15-2)6-4-9;1-6-2-4-3(7)5-6/h3-6,8H,7H2,1-2H3;2H,1H3,(H,5,7). The van der Waals surface area contributed by atoms with Crippen molar-refractivity contribution in [3.05, 3.63) is 47.3 Å². The molecular formula is C14H18N6OS2. The van der Waals surface area contributed by atoms with Gasteiger partial charge in [-0.2, -0.15) is 0 Å². The summed E-state index contributed by atoms with van der Waals surface area (Å²) in [5, 5.41) is 7.77. The van der Waals surface area contributed by atoms with E-state index < -0.39 is 0 Å². The Labute approximate surface area is 143 Å². The van der Waals surface area contributed by atoms with Crippen LogP contribution in [0.15, 0.2) is 42.1 Å². The third-order valence-corrected chi connectivity index (χ3v) is 3.85. The molecule has 1 N–H and O–H groups in total. The SMILES string of the molecule is COc1ccc(CSc2ncn(C)n2)cc1.Cn1cnc(=S)[nH]1. The molecule has 0 unspecified atom stereocenters. The Morgan fingerprint density at radius 2 is 1.91 bits per heavy atom. The number of H-pyrrole nitrogens is 1. The van der Waals surface area contributed by atoms with Gasteiger partial charge in [0, 0.05) is 19.8 Å². The van der Waals surface area contributed by atoms with Gasteiger partial charge in [0.15, 0.2) is 0 Å². The smallest absolute Gasteiger partial charge is 0.213 e. The predicted octanol–water partition coefficient (Wildman–Crippen LogP) is 2.59. The van der Waals surface area contributed by atoms with Crippen LogP contribution in [0.4, 0.5) is 0 Å². The highest BCUT2D eigenvalue weighted by atomic mass is 32.2. The van der Waals surface area contributed by atoms with Crippen LogP contribution in [0.1, 0.15) is 5.56 Å². The zero-order valence-corrected chi connectivity index (χ0v) is 14.8. The molecule has 0 bridgehead atoms. The molecule has 9 heteroatoms. The first kappa shape index (κ1) is 17.2. The van der Waals surface area contributed by atoms with Gasteiger partial charge in [0.2, 0.25) is 9.93 Å². The molecule has 0 fully saturated rings. The van der Waals surface area contributed by atoms with Gasteiger partial charge in [-0.25, -0.2) is 9.97 Å². The quantitative estimate of drug-likeness (QED) is 0.576. The van der Waals surface area contributed by atoms with Crippen LogP contribution >= 0.6 is 24.0 Å². The number of nitrogens with zero attached hydrogens (tertiary/aromatic N) is 5. The summed E-state index contributed by atoms with van der Waals surface area (Å²) in [7, 11) is 5.37. The van der Waals surface area contributed by atoms with E-state index >= 15 is 0 Å². The first-order chi connectivity index (χ1) is 11.1. The van der Waals surface area contributed by atoms with Crippen LogP contribution < -0.4 is 4.74 Å². The molecule has 3 rings (SSSR count). The lowest BCUT2D eigenvalue weighted by atomic mass is 10.2. The van der Waals surface area contributed by atoms with E-state index in [2.05, 4.69) is 44.5 Å². The second-order valence-electron chi connectivity index (χ2n) is 4.61. The maximum Gasteiger partial charge on any atom is 0.213 e. The Bertz CT molecular complexity index is 777. The number of thioether (sulfide) groups is 1. The van der Waals surface area contributed by atoms with Crippen molar-refractivity contribution in [1.82, 2.24) is 29.5 Å². The highest BCUT2D eigenvalue weighted by molar-refractivity contribution is 7.98. The average molecular weight is 350 g/mol. The summed E-state index contributed by atoms with van der Waals surface area (Å²) < 4.78 is 9.03. The minimum absolute atomic E-state index is 0.530. The summed E-state index contributed by atoms with van der Waals surface area (Å²) in [5.41, 5.74) is 1.23. The molecule has 0 spiro atoms. The number of benzene rings is 1. The molecular weight excluding hydrogens is 332 g/mol. The fourth-order valence-corrected chi connectivity index (χ4v) is 2.59. The third kappa shape index (κ3) is 5.87. The molecule has 0 amide bonds. The third-order valence-electron chi connectivity index (χ3n) is 2.73. The predicted molar refractivity (Wildman–Crippen MR) is 92.0 cm³/mol. The molecule has 2 heterocycles. The number of aromatic nitrogens is 6. The van der Waals surface area contributed by atoms with Crippen LogP contribution in [0, 0.1) is 4.77 Å². The van der Waals surface area contributed by atoms with E-state index in [1.54, 1.807) is 40.9 Å². The number of hydrogen-bond donors (Lipinski definition) is 1. The highest BCUT2D eigenvalue weighted by Crippen LogP contribution is 2.20. The van der Waals surface area contributed by atoms with Crippen molar-refractivity contribution in [2.45, 2.75) is 10.9 Å². The molecule has 0 saturated carbocycles. The second kappa shape index (κ2) is 8.49. The summed E-state index contributed by atoms with van der Waals surface area (Å²) >= 11 is 6.27. The molecule has 0 radical (unpaired) electrons. The number of aryl methyl sites for hydroxylation is 2. The summed E-state index contributed by atoms with van der Waals surface area (Å²) in [6.45, 7) is 0. The van der Waals surface area contributed by atoms with Gasteiger partial charge < -0.3 is 4.74 Å². The first-order valence-electron chi connectivity index (χ1n) is 6.76. The van der Waals surface area contributed by atoms with Crippen LogP contribution in [0.5, 0.6) is 5.75 Å². The Morgan fingerprint density at radius 1 is 1.17 bits per heavy atom. The number of ether oxygens (including phenoxy) is 1. The van der Waals surface area contributed by atoms with Crippen molar-refractivity contribution >= 4 is 24.0 Å². The maximum absolute atomic E-state index is 5.10. The van der Waals surface area contributed by atoms with Crippen molar-refractivity contribution in [2.75, 3.05) is 7.11 Å². The van der Waals surface area contributed by atoms with Gasteiger partial charge in [-0.1, -0.05) is 23.9 Å². The topological polar surface area (TPSA) is 73.5 Å². The van der Waals surface area contributed by atoms with Crippen molar-refractivity contribution in [3.8, 4) is 5.75 Å². The van der Waals surface area contributed by atoms with Gasteiger partial charge in [-0.15, -0.1) is 5.10 Å². The second-order valence-corrected chi connectivity index (χ2v) is 5.94. The Balaban J connectivity index is 0.000000229. The lowest BCUT2D eigenvalue weighted by Gasteiger charge is -2.01. The van der Waals surface area contributed by atoms with E-state index in [1.807, 2.05) is 26.2 Å². The zero-order chi connectivity index (χ0) is 16.7. The monoisotopic (exact) mass is 350 g/mol. The zero-order valence-electron chi connectivity index (χ0n) is 13.1. The summed E-state index contributed by atoms with van der Waals surface area (Å²) in [5.74, 6) is 1.75.